The SMILES string of the molecule is c1ccc(P(OC2CCCC23CCCC3OP(c2ccccc2)c2ccccc2)c2ccccc2)cc1. The van der Waals surface area contributed by atoms with Gasteiger partial charge < -0.3 is 9.05 Å². The minimum atomic E-state index is -0.881. The molecule has 2 atom stereocenters. The summed E-state index contributed by atoms with van der Waals surface area (Å²) < 4.78 is 14.5. The fourth-order valence-corrected chi connectivity index (χ4v) is 10.1. The first-order chi connectivity index (χ1) is 18.3. The fraction of sp³-hybridized carbons (Fsp3) is 0.273. The molecule has 6 rings (SSSR count). The van der Waals surface area contributed by atoms with Crippen molar-refractivity contribution in [2.24, 2.45) is 5.41 Å². The Labute approximate surface area is 223 Å². The maximum absolute atomic E-state index is 7.24. The van der Waals surface area contributed by atoms with E-state index in [0.717, 1.165) is 12.8 Å². The van der Waals surface area contributed by atoms with Crippen LogP contribution in [0.3, 0.4) is 0 Å². The lowest BCUT2D eigenvalue weighted by atomic mass is 9.80. The van der Waals surface area contributed by atoms with Gasteiger partial charge in [-0.15, -0.1) is 0 Å². The Morgan fingerprint density at radius 1 is 0.459 bits per heavy atom. The van der Waals surface area contributed by atoms with Crippen LogP contribution in [0.1, 0.15) is 38.5 Å². The third-order valence-electron chi connectivity index (χ3n) is 7.93. The second-order valence-corrected chi connectivity index (χ2v) is 13.8. The Kier molecular flexibility index (Phi) is 7.82. The van der Waals surface area contributed by atoms with Crippen LogP contribution >= 0.6 is 16.3 Å². The van der Waals surface area contributed by atoms with Crippen LogP contribution in [0, 0.1) is 5.41 Å². The van der Waals surface area contributed by atoms with E-state index in [1.165, 1.54) is 46.9 Å². The molecular formula is C33H34O2P2. The van der Waals surface area contributed by atoms with Gasteiger partial charge in [0.25, 0.3) is 0 Å². The zero-order valence-electron chi connectivity index (χ0n) is 21.2. The van der Waals surface area contributed by atoms with Crippen LogP contribution in [0.5, 0.6) is 0 Å². The van der Waals surface area contributed by atoms with Crippen LogP contribution in [-0.4, -0.2) is 12.2 Å². The Balaban J connectivity index is 1.31. The van der Waals surface area contributed by atoms with E-state index < -0.39 is 16.3 Å². The van der Waals surface area contributed by atoms with Crippen molar-refractivity contribution in [1.29, 1.82) is 0 Å². The van der Waals surface area contributed by atoms with Crippen molar-refractivity contribution < 1.29 is 9.05 Å². The molecule has 37 heavy (non-hydrogen) atoms. The summed E-state index contributed by atoms with van der Waals surface area (Å²) in [4.78, 5) is 0. The second-order valence-electron chi connectivity index (χ2n) is 10.1. The largest absolute Gasteiger partial charge is 0.346 e. The van der Waals surface area contributed by atoms with Crippen molar-refractivity contribution in [1.82, 2.24) is 0 Å². The van der Waals surface area contributed by atoms with Gasteiger partial charge in [-0.3, -0.25) is 0 Å². The monoisotopic (exact) mass is 524 g/mol. The molecule has 0 bridgehead atoms. The molecule has 4 aromatic rings. The average molecular weight is 525 g/mol. The summed E-state index contributed by atoms with van der Waals surface area (Å²) in [6.45, 7) is 0. The van der Waals surface area contributed by atoms with E-state index >= 15 is 0 Å². The smallest absolute Gasteiger partial charge is 0.0921 e. The molecule has 1 spiro atoms. The van der Waals surface area contributed by atoms with Gasteiger partial charge in [-0.25, -0.2) is 0 Å². The lowest BCUT2D eigenvalue weighted by molar-refractivity contribution is 0.00841. The molecule has 4 heteroatoms. The van der Waals surface area contributed by atoms with E-state index in [1.54, 1.807) is 0 Å². The fourth-order valence-electron chi connectivity index (χ4n) is 6.15. The summed E-state index contributed by atoms with van der Waals surface area (Å²) in [5.41, 5.74) is 0.0916. The maximum atomic E-state index is 7.24. The summed E-state index contributed by atoms with van der Waals surface area (Å²) in [7, 11) is -1.76. The predicted molar refractivity (Wildman–Crippen MR) is 158 cm³/mol. The minimum Gasteiger partial charge on any atom is -0.346 e. The first kappa shape index (κ1) is 25.0. The summed E-state index contributed by atoms with van der Waals surface area (Å²) in [5.74, 6) is 0. The van der Waals surface area contributed by atoms with Crippen LogP contribution in [0.2, 0.25) is 0 Å². The van der Waals surface area contributed by atoms with Crippen molar-refractivity contribution in [3.63, 3.8) is 0 Å². The molecular weight excluding hydrogens is 490 g/mol. The van der Waals surface area contributed by atoms with Gasteiger partial charge in [0.2, 0.25) is 0 Å². The molecule has 0 aromatic heterocycles. The highest BCUT2D eigenvalue weighted by Crippen LogP contribution is 2.58. The minimum absolute atomic E-state index is 0.0916. The highest BCUT2D eigenvalue weighted by molar-refractivity contribution is 7.68. The first-order valence-corrected chi connectivity index (χ1v) is 16.0. The highest BCUT2D eigenvalue weighted by Gasteiger charge is 2.54. The molecule has 2 saturated carbocycles. The molecule has 4 aromatic carbocycles. The highest BCUT2D eigenvalue weighted by atomic mass is 31.1. The van der Waals surface area contributed by atoms with Crippen molar-refractivity contribution in [2.45, 2.75) is 50.7 Å². The average Bonchev–Trinajstić information content (AvgIpc) is 3.58. The summed E-state index contributed by atoms with van der Waals surface area (Å²) in [6.07, 6.45) is 7.49. The van der Waals surface area contributed by atoms with E-state index in [-0.39, 0.29) is 17.6 Å². The number of hydrogen-bond donors (Lipinski definition) is 0. The Morgan fingerprint density at radius 2 is 0.757 bits per heavy atom. The predicted octanol–water partition coefficient (Wildman–Crippen LogP) is 7.21. The molecule has 0 saturated heterocycles. The molecule has 2 aliphatic carbocycles. The lowest BCUT2D eigenvalue weighted by Gasteiger charge is -2.40. The Hall–Kier alpha value is -2.34. The molecule has 2 nitrogen and oxygen atoms in total. The summed E-state index contributed by atoms with van der Waals surface area (Å²) in [5, 5.41) is 5.16. The molecule has 0 heterocycles. The molecule has 2 fully saturated rings. The number of hydrogen-bond acceptors (Lipinski definition) is 2. The lowest BCUT2D eigenvalue weighted by Crippen LogP contribution is -2.41. The molecule has 188 valence electrons. The van der Waals surface area contributed by atoms with E-state index in [1.807, 2.05) is 0 Å². The van der Waals surface area contributed by atoms with Crippen molar-refractivity contribution in [3.05, 3.63) is 121 Å². The zero-order valence-corrected chi connectivity index (χ0v) is 22.9. The summed E-state index contributed by atoms with van der Waals surface area (Å²) in [6, 6.07) is 43.3. The Morgan fingerprint density at radius 3 is 1.05 bits per heavy atom. The normalized spacial score (nSPS) is 23.3. The molecule has 0 radical (unpaired) electrons. The van der Waals surface area contributed by atoms with Gasteiger partial charge in [-0.05, 0) is 25.7 Å². The van der Waals surface area contributed by atoms with Gasteiger partial charge in [0.15, 0.2) is 0 Å². The molecule has 0 N–H and O–H groups in total. The molecule has 0 amide bonds. The van der Waals surface area contributed by atoms with E-state index in [4.69, 9.17) is 9.05 Å². The van der Waals surface area contributed by atoms with E-state index in [0.29, 0.717) is 0 Å². The van der Waals surface area contributed by atoms with Gasteiger partial charge in [0.05, 0.1) is 28.5 Å². The molecule has 2 unspecified atom stereocenters. The van der Waals surface area contributed by atoms with Gasteiger partial charge in [-0.2, -0.15) is 0 Å². The second kappa shape index (κ2) is 11.6. The number of benzene rings is 4. The quantitative estimate of drug-likeness (QED) is 0.227. The first-order valence-electron chi connectivity index (χ1n) is 13.5. The van der Waals surface area contributed by atoms with Crippen LogP contribution < -0.4 is 21.2 Å². The van der Waals surface area contributed by atoms with Crippen LogP contribution in [0.15, 0.2) is 121 Å². The summed E-state index contributed by atoms with van der Waals surface area (Å²) >= 11 is 0. The van der Waals surface area contributed by atoms with Crippen LogP contribution in [-0.2, 0) is 9.05 Å². The zero-order chi connectivity index (χ0) is 24.9. The van der Waals surface area contributed by atoms with Crippen molar-refractivity contribution in [2.75, 3.05) is 0 Å². The van der Waals surface area contributed by atoms with Crippen molar-refractivity contribution >= 4 is 37.5 Å². The van der Waals surface area contributed by atoms with Gasteiger partial charge >= 0.3 is 0 Å². The molecule has 0 aliphatic heterocycles. The van der Waals surface area contributed by atoms with Crippen LogP contribution in [0.25, 0.3) is 0 Å². The topological polar surface area (TPSA) is 18.5 Å². The van der Waals surface area contributed by atoms with E-state index in [2.05, 4.69) is 121 Å². The standard InChI is InChI=1S/C33H34O2P2/c1-5-15-27(16-6-1)36(28-17-7-2-8-18-28)34-31-23-13-25-33(31)26-14-24-32(33)35-37(29-19-9-3-10-20-29)30-21-11-4-12-22-30/h1-12,15-22,31-32H,13-14,23-26H2. The van der Waals surface area contributed by atoms with Crippen LogP contribution in [0.4, 0.5) is 0 Å². The Bertz CT molecular complexity index is 1070. The van der Waals surface area contributed by atoms with Gasteiger partial charge in [-0.1, -0.05) is 134 Å². The van der Waals surface area contributed by atoms with Gasteiger partial charge in [0, 0.05) is 26.6 Å². The number of rotatable bonds is 8. The van der Waals surface area contributed by atoms with E-state index in [9.17, 15) is 0 Å². The third-order valence-corrected chi connectivity index (χ3v) is 11.9. The van der Waals surface area contributed by atoms with Crippen molar-refractivity contribution in [3.8, 4) is 0 Å². The third kappa shape index (κ3) is 5.32. The van der Waals surface area contributed by atoms with Gasteiger partial charge in [0.1, 0.15) is 0 Å². The maximum Gasteiger partial charge on any atom is 0.0921 e. The molecule has 2 aliphatic rings.